The van der Waals surface area contributed by atoms with Crippen molar-refractivity contribution in [3.8, 4) is 0 Å². The van der Waals surface area contributed by atoms with Crippen LogP contribution in [0.3, 0.4) is 0 Å². The largest absolute Gasteiger partial charge is 0.412 e. The van der Waals surface area contributed by atoms with Gasteiger partial charge in [-0.1, -0.05) is 20.8 Å². The second-order valence-corrected chi connectivity index (χ2v) is 1.62. The quantitative estimate of drug-likeness (QED) is 0.402. The van der Waals surface area contributed by atoms with Crippen LogP contribution in [-0.4, -0.2) is 129 Å². The first-order valence-corrected chi connectivity index (χ1v) is 3.07. The third-order valence-corrected chi connectivity index (χ3v) is 1.34. The number of hydrogen-bond acceptors (Lipinski definition) is 1. The van der Waals surface area contributed by atoms with Gasteiger partial charge in [0.05, 0.1) is 0 Å². The number of nitrogens with zero attached hydrogens (tertiary/aromatic N) is 1. The van der Waals surface area contributed by atoms with E-state index in [1.807, 2.05) is 0 Å². The first-order chi connectivity index (χ1) is 3.35. The molecule has 0 rings (SSSR count). The van der Waals surface area contributed by atoms with Crippen molar-refractivity contribution in [1.29, 1.82) is 0 Å². The minimum atomic E-state index is 0. The summed E-state index contributed by atoms with van der Waals surface area (Å²) in [7, 11) is 0. The predicted molar refractivity (Wildman–Crippen MR) is 102 cm³/mol. The van der Waals surface area contributed by atoms with Crippen molar-refractivity contribution in [3.63, 3.8) is 0 Å². The van der Waals surface area contributed by atoms with E-state index in [9.17, 15) is 0 Å². The van der Waals surface area contributed by atoms with E-state index in [1.165, 1.54) is 19.6 Å². The summed E-state index contributed by atoms with van der Waals surface area (Å²) >= 11 is 0. The van der Waals surface area contributed by atoms with Crippen molar-refractivity contribution in [2.75, 3.05) is 19.6 Å². The fourth-order valence-corrected chi connectivity index (χ4v) is 0.671. The van der Waals surface area contributed by atoms with Crippen LogP contribution in [0.2, 0.25) is 0 Å². The summed E-state index contributed by atoms with van der Waals surface area (Å²) in [6.07, 6.45) is 0. The summed E-state index contributed by atoms with van der Waals surface area (Å²) in [5.41, 5.74) is 0. The van der Waals surface area contributed by atoms with Gasteiger partial charge in [0.1, 0.15) is 0 Å². The lowest BCUT2D eigenvalue weighted by Gasteiger charge is -2.13. The molecule has 0 radical (unpaired) electrons. The Morgan fingerprint density at radius 3 is 0.346 bits per heavy atom. The Kier molecular flexibility index (Phi) is 10100. The maximum atomic E-state index is 2.38. The van der Waals surface area contributed by atoms with Crippen molar-refractivity contribution < 1.29 is 104 Å². The molecule has 0 fully saturated rings. The van der Waals surface area contributed by atoms with Gasteiger partial charge in [0.25, 0.3) is 0 Å². The summed E-state index contributed by atoms with van der Waals surface area (Å²) in [6, 6.07) is 0. The second kappa shape index (κ2) is 482. The minimum absolute atomic E-state index is 0. The summed E-state index contributed by atoms with van der Waals surface area (Å²) in [5, 5.41) is 0. The number of hydrogen-bond donors (Lipinski definition) is 0. The van der Waals surface area contributed by atoms with Gasteiger partial charge in [0.2, 0.25) is 0 Å². The predicted octanol–water partition coefficient (Wildman–Crippen LogP) is -14.3. The zero-order valence-electron chi connectivity index (χ0n) is 15.1. The van der Waals surface area contributed by atoms with Crippen molar-refractivity contribution in [1.82, 2.24) is 4.90 Å². The van der Waals surface area contributed by atoms with Crippen LogP contribution in [0.25, 0.3) is 0 Å². The lowest BCUT2D eigenvalue weighted by Crippen LogP contribution is -2.21. The van der Waals surface area contributed by atoms with E-state index in [4.69, 9.17) is 0 Å². The topological polar surface area (TPSA) is 602 Å². The van der Waals surface area contributed by atoms with Crippen LogP contribution in [0.1, 0.15) is 20.8 Å². The summed E-state index contributed by atoms with van der Waals surface area (Å²) < 4.78 is 0. The highest BCUT2D eigenvalue weighted by molar-refractivity contribution is 4.43. The molecule has 0 unspecified atom stereocenters. The molecule has 20 heteroatoms. The maximum absolute atomic E-state index is 2.38. The Bertz CT molecular complexity index is 47.5. The van der Waals surface area contributed by atoms with Crippen molar-refractivity contribution >= 4 is 0 Å². The van der Waals surface area contributed by atoms with Gasteiger partial charge in [0, 0.05) is 0 Å². The minimum Gasteiger partial charge on any atom is -0.412 e. The molecule has 0 spiro atoms. The van der Waals surface area contributed by atoms with Gasteiger partial charge < -0.3 is 109 Å². The first-order valence-electron chi connectivity index (χ1n) is 3.07. The first kappa shape index (κ1) is 546. The maximum Gasteiger partial charge on any atom is -0.00474 e. The molecule has 0 aromatic carbocycles. The lowest BCUT2D eigenvalue weighted by atomic mass is 10.5. The van der Waals surface area contributed by atoms with Crippen molar-refractivity contribution in [2.24, 2.45) is 0 Å². The van der Waals surface area contributed by atoms with Crippen LogP contribution in [0.4, 0.5) is 0 Å². The molecule has 0 bridgehead atoms. The van der Waals surface area contributed by atoms with E-state index in [0.29, 0.717) is 0 Å². The standard InChI is InChI=1S/C6H15N.19H2O/c1-4-7(5-2)6-3;;;;;;;;;;;;;;;;;;;/h4-6H2,1-3H3;19*1H2. The van der Waals surface area contributed by atoms with E-state index < -0.39 is 0 Å². The van der Waals surface area contributed by atoms with Gasteiger partial charge in [-0.3, -0.25) is 0 Å². The highest BCUT2D eigenvalue weighted by atomic mass is 16.0. The zero-order valence-corrected chi connectivity index (χ0v) is 15.1. The molecule has 38 N–H and O–H groups in total. The highest BCUT2D eigenvalue weighted by Crippen LogP contribution is 1.81. The summed E-state index contributed by atoms with van der Waals surface area (Å²) in [5.74, 6) is 0. The molecule has 0 aliphatic heterocycles. The molecule has 0 aliphatic carbocycles. The fraction of sp³-hybridized carbons (Fsp3) is 1.00. The Morgan fingerprint density at radius 1 is 0.269 bits per heavy atom. The van der Waals surface area contributed by atoms with Gasteiger partial charge >= 0.3 is 0 Å². The molecular formula is C6H53NO19. The second-order valence-electron chi connectivity index (χ2n) is 1.62. The van der Waals surface area contributed by atoms with Gasteiger partial charge in [-0.2, -0.15) is 0 Å². The van der Waals surface area contributed by atoms with Crippen LogP contribution >= 0.6 is 0 Å². The molecule has 20 nitrogen and oxygen atoms in total. The van der Waals surface area contributed by atoms with Crippen LogP contribution in [-0.2, 0) is 0 Å². The summed E-state index contributed by atoms with van der Waals surface area (Å²) in [4.78, 5) is 2.38. The average molecular weight is 443 g/mol. The molecule has 0 saturated heterocycles. The molecule has 0 heterocycles. The molecule has 0 saturated carbocycles. The van der Waals surface area contributed by atoms with Gasteiger partial charge in [0.15, 0.2) is 0 Å². The Hall–Kier alpha value is -0.800. The molecule has 26 heavy (non-hydrogen) atoms. The van der Waals surface area contributed by atoms with E-state index in [0.717, 1.165) is 0 Å². The third kappa shape index (κ3) is 423. The normalized spacial score (nSPS) is 2.77. The molecule has 0 aromatic heterocycles. The monoisotopic (exact) mass is 443 g/mol. The third-order valence-electron chi connectivity index (χ3n) is 1.34. The van der Waals surface area contributed by atoms with E-state index in [2.05, 4.69) is 25.7 Å². The zero-order chi connectivity index (χ0) is 5.70. The molecule has 0 atom stereocenters. The number of rotatable bonds is 3. The fourth-order valence-electron chi connectivity index (χ4n) is 0.671. The van der Waals surface area contributed by atoms with Gasteiger partial charge in [-0.25, -0.2) is 0 Å². The summed E-state index contributed by atoms with van der Waals surface area (Å²) in [6.45, 7) is 10.1. The van der Waals surface area contributed by atoms with Crippen molar-refractivity contribution in [3.05, 3.63) is 0 Å². The Balaban J connectivity index is -0.00000000105. The highest BCUT2D eigenvalue weighted by Gasteiger charge is 1.89. The molecule has 0 aliphatic rings. The average Bonchev–Trinajstić information content (AvgIpc) is 1.72. The van der Waals surface area contributed by atoms with E-state index >= 15 is 0 Å². The molecule has 0 aromatic rings. The Labute approximate surface area is 150 Å². The van der Waals surface area contributed by atoms with E-state index in [1.54, 1.807) is 0 Å². The van der Waals surface area contributed by atoms with Gasteiger partial charge in [-0.05, 0) is 19.6 Å². The molecular weight excluding hydrogens is 390 g/mol. The molecule has 0 amide bonds. The lowest BCUT2D eigenvalue weighted by molar-refractivity contribution is 0.321. The molecule has 196 valence electrons. The SMILES string of the molecule is CCN(CC)CC.O.O.O.O.O.O.O.O.O.O.O.O.O.O.O.O.O.O.O. The van der Waals surface area contributed by atoms with Crippen molar-refractivity contribution in [2.45, 2.75) is 20.8 Å². The van der Waals surface area contributed by atoms with E-state index in [-0.39, 0.29) is 104 Å². The van der Waals surface area contributed by atoms with Crippen LogP contribution in [0, 0.1) is 0 Å². The van der Waals surface area contributed by atoms with Crippen LogP contribution in [0.5, 0.6) is 0 Å². The van der Waals surface area contributed by atoms with Gasteiger partial charge in [-0.15, -0.1) is 0 Å². The smallest absolute Gasteiger partial charge is 0.00474 e. The Morgan fingerprint density at radius 2 is 0.346 bits per heavy atom. The van der Waals surface area contributed by atoms with Crippen LogP contribution in [0.15, 0.2) is 0 Å². The van der Waals surface area contributed by atoms with Crippen LogP contribution < -0.4 is 0 Å².